The summed E-state index contributed by atoms with van der Waals surface area (Å²) in [5.74, 6) is -0.399. The van der Waals surface area contributed by atoms with Crippen LogP contribution in [0.4, 0.5) is 0 Å². The summed E-state index contributed by atoms with van der Waals surface area (Å²) in [7, 11) is -1.46. The number of benzene rings is 1. The smallest absolute Gasteiger partial charge is 0.227 e. The molecule has 1 aliphatic heterocycles. The monoisotopic (exact) mass is 311 g/mol. The number of carbonyl (C=O) groups excluding carboxylic acids is 1. The predicted molar refractivity (Wildman–Crippen MR) is 80.5 cm³/mol. The largest absolute Gasteiger partial charge is 0.383 e. The van der Waals surface area contributed by atoms with Gasteiger partial charge in [-0.2, -0.15) is 0 Å². The van der Waals surface area contributed by atoms with E-state index < -0.39 is 15.8 Å². The lowest BCUT2D eigenvalue weighted by atomic mass is 10.1. The van der Waals surface area contributed by atoms with Crippen LogP contribution >= 0.6 is 0 Å². The topological polar surface area (TPSA) is 63.7 Å². The highest BCUT2D eigenvalue weighted by Crippen LogP contribution is 2.21. The van der Waals surface area contributed by atoms with Crippen molar-refractivity contribution in [3.8, 4) is 0 Å². The van der Waals surface area contributed by atoms with Gasteiger partial charge in [0.1, 0.15) is 0 Å². The minimum atomic E-state index is -3.05. The van der Waals surface area contributed by atoms with Gasteiger partial charge in [-0.05, 0) is 12.0 Å². The summed E-state index contributed by atoms with van der Waals surface area (Å²) >= 11 is 0. The Hall–Kier alpha value is -1.40. The second-order valence-corrected chi connectivity index (χ2v) is 7.57. The SMILES string of the molecule is COCCN(Cc1ccccc1)C(=O)C1CCS(=O)(=O)C1. The fourth-order valence-electron chi connectivity index (χ4n) is 2.52. The van der Waals surface area contributed by atoms with Crippen LogP contribution in [0.3, 0.4) is 0 Å². The highest BCUT2D eigenvalue weighted by atomic mass is 32.2. The second-order valence-electron chi connectivity index (χ2n) is 5.34. The number of nitrogens with zero attached hydrogens (tertiary/aromatic N) is 1. The normalized spacial score (nSPS) is 20.3. The molecular formula is C15H21NO4S. The number of carbonyl (C=O) groups is 1. The zero-order valence-electron chi connectivity index (χ0n) is 12.2. The van der Waals surface area contributed by atoms with Crippen molar-refractivity contribution in [2.24, 2.45) is 5.92 Å². The molecule has 2 rings (SSSR count). The van der Waals surface area contributed by atoms with E-state index in [-0.39, 0.29) is 17.4 Å². The van der Waals surface area contributed by atoms with E-state index in [0.717, 1.165) is 5.56 Å². The standard InChI is InChI=1S/C15H21NO4S/c1-20-9-8-16(11-13-5-3-2-4-6-13)15(17)14-7-10-21(18,19)12-14/h2-6,14H,7-12H2,1H3. The van der Waals surface area contributed by atoms with E-state index in [0.29, 0.717) is 26.1 Å². The number of rotatable bonds is 6. The Kier molecular flexibility index (Phi) is 5.36. The molecule has 21 heavy (non-hydrogen) atoms. The van der Waals surface area contributed by atoms with Crippen molar-refractivity contribution in [3.05, 3.63) is 35.9 Å². The first kappa shape index (κ1) is 16.0. The Morgan fingerprint density at radius 3 is 2.62 bits per heavy atom. The third-order valence-corrected chi connectivity index (χ3v) is 5.44. The van der Waals surface area contributed by atoms with Gasteiger partial charge in [0.05, 0.1) is 24.0 Å². The van der Waals surface area contributed by atoms with E-state index in [2.05, 4.69) is 0 Å². The van der Waals surface area contributed by atoms with Gasteiger partial charge in [-0.15, -0.1) is 0 Å². The van der Waals surface area contributed by atoms with Crippen molar-refractivity contribution in [3.63, 3.8) is 0 Å². The van der Waals surface area contributed by atoms with E-state index in [9.17, 15) is 13.2 Å². The molecule has 1 fully saturated rings. The zero-order valence-corrected chi connectivity index (χ0v) is 13.0. The van der Waals surface area contributed by atoms with Crippen LogP contribution in [0.15, 0.2) is 30.3 Å². The lowest BCUT2D eigenvalue weighted by Gasteiger charge is -2.25. The molecule has 1 aromatic rings. The molecule has 0 aromatic heterocycles. The lowest BCUT2D eigenvalue weighted by Crippen LogP contribution is -2.38. The average molecular weight is 311 g/mol. The molecule has 6 heteroatoms. The predicted octanol–water partition coefficient (Wildman–Crippen LogP) is 1.10. The maximum atomic E-state index is 12.5. The van der Waals surface area contributed by atoms with Gasteiger partial charge in [-0.25, -0.2) is 8.42 Å². The Labute approximate surface area is 125 Å². The van der Waals surface area contributed by atoms with Crippen molar-refractivity contribution < 1.29 is 17.9 Å². The fourth-order valence-corrected chi connectivity index (χ4v) is 4.25. The molecule has 0 N–H and O–H groups in total. The van der Waals surface area contributed by atoms with E-state index in [1.54, 1.807) is 12.0 Å². The maximum Gasteiger partial charge on any atom is 0.227 e. The molecule has 1 saturated heterocycles. The summed E-state index contributed by atoms with van der Waals surface area (Å²) in [6.07, 6.45) is 0.430. The minimum Gasteiger partial charge on any atom is -0.383 e. The fraction of sp³-hybridized carbons (Fsp3) is 0.533. The van der Waals surface area contributed by atoms with Gasteiger partial charge in [0, 0.05) is 20.2 Å². The molecule has 1 unspecified atom stereocenters. The molecule has 0 saturated carbocycles. The second kappa shape index (κ2) is 7.04. The van der Waals surface area contributed by atoms with Crippen LogP contribution in [0.5, 0.6) is 0 Å². The summed E-state index contributed by atoms with van der Waals surface area (Å²) in [5, 5.41) is 0. The number of amides is 1. The zero-order chi connectivity index (χ0) is 15.3. The van der Waals surface area contributed by atoms with Crippen LogP contribution in [-0.2, 0) is 25.9 Å². The van der Waals surface area contributed by atoms with Crippen molar-refractivity contribution in [2.75, 3.05) is 31.8 Å². The Bertz CT molecular complexity index is 571. The molecule has 5 nitrogen and oxygen atoms in total. The molecule has 1 aromatic carbocycles. The summed E-state index contributed by atoms with van der Waals surface area (Å²) < 4.78 is 28.1. The first-order valence-electron chi connectivity index (χ1n) is 7.04. The van der Waals surface area contributed by atoms with E-state index in [1.807, 2.05) is 30.3 Å². The van der Waals surface area contributed by atoms with Crippen LogP contribution in [0.25, 0.3) is 0 Å². The van der Waals surface area contributed by atoms with Gasteiger partial charge in [0.2, 0.25) is 5.91 Å². The lowest BCUT2D eigenvalue weighted by molar-refractivity contribution is -0.136. The molecule has 0 spiro atoms. The molecule has 1 heterocycles. The van der Waals surface area contributed by atoms with Gasteiger partial charge in [0.15, 0.2) is 9.84 Å². The number of hydrogen-bond acceptors (Lipinski definition) is 4. The first-order valence-corrected chi connectivity index (χ1v) is 8.86. The minimum absolute atomic E-state index is 0.0237. The average Bonchev–Trinajstić information content (AvgIpc) is 2.84. The maximum absolute atomic E-state index is 12.5. The van der Waals surface area contributed by atoms with Crippen LogP contribution in [0, 0.1) is 5.92 Å². The van der Waals surface area contributed by atoms with E-state index >= 15 is 0 Å². The molecular weight excluding hydrogens is 290 g/mol. The number of methoxy groups -OCH3 is 1. The molecule has 1 atom stereocenters. The molecule has 1 amide bonds. The summed E-state index contributed by atoms with van der Waals surface area (Å²) in [6.45, 7) is 1.40. The van der Waals surface area contributed by atoms with E-state index in [1.165, 1.54) is 0 Å². The van der Waals surface area contributed by atoms with Crippen molar-refractivity contribution in [1.29, 1.82) is 0 Å². The number of ether oxygens (including phenoxy) is 1. The third kappa shape index (κ3) is 4.54. The van der Waals surface area contributed by atoms with Crippen LogP contribution in [-0.4, -0.2) is 51.0 Å². The molecule has 1 aliphatic rings. The van der Waals surface area contributed by atoms with Crippen LogP contribution in [0.2, 0.25) is 0 Å². The highest BCUT2D eigenvalue weighted by molar-refractivity contribution is 7.91. The van der Waals surface area contributed by atoms with Gasteiger partial charge in [-0.1, -0.05) is 30.3 Å². The van der Waals surface area contributed by atoms with Gasteiger partial charge < -0.3 is 9.64 Å². The molecule has 0 radical (unpaired) electrons. The molecule has 0 bridgehead atoms. The Morgan fingerprint density at radius 2 is 2.05 bits per heavy atom. The summed E-state index contributed by atoms with van der Waals surface area (Å²) in [6, 6.07) is 9.69. The quantitative estimate of drug-likeness (QED) is 0.789. The highest BCUT2D eigenvalue weighted by Gasteiger charge is 2.35. The number of sulfone groups is 1. The number of hydrogen-bond donors (Lipinski definition) is 0. The van der Waals surface area contributed by atoms with Crippen molar-refractivity contribution in [1.82, 2.24) is 4.90 Å². The Morgan fingerprint density at radius 1 is 1.33 bits per heavy atom. The van der Waals surface area contributed by atoms with Gasteiger partial charge in [0.25, 0.3) is 0 Å². The van der Waals surface area contributed by atoms with Crippen LogP contribution in [0.1, 0.15) is 12.0 Å². The molecule has 0 aliphatic carbocycles. The third-order valence-electron chi connectivity index (χ3n) is 3.67. The van der Waals surface area contributed by atoms with Crippen molar-refractivity contribution in [2.45, 2.75) is 13.0 Å². The van der Waals surface area contributed by atoms with Crippen molar-refractivity contribution >= 4 is 15.7 Å². The Balaban J connectivity index is 2.06. The summed E-state index contributed by atoms with van der Waals surface area (Å²) in [5.41, 5.74) is 1.03. The first-order chi connectivity index (χ1) is 10.0. The summed E-state index contributed by atoms with van der Waals surface area (Å²) in [4.78, 5) is 14.2. The van der Waals surface area contributed by atoms with Crippen LogP contribution < -0.4 is 0 Å². The van der Waals surface area contributed by atoms with E-state index in [4.69, 9.17) is 4.74 Å². The van der Waals surface area contributed by atoms with Gasteiger partial charge >= 0.3 is 0 Å². The van der Waals surface area contributed by atoms with Gasteiger partial charge in [-0.3, -0.25) is 4.79 Å². The molecule has 116 valence electrons.